The van der Waals surface area contributed by atoms with Crippen LogP contribution in [0, 0.1) is 11.3 Å². The highest BCUT2D eigenvalue weighted by Gasteiger charge is 2.12. The van der Waals surface area contributed by atoms with Crippen molar-refractivity contribution in [3.8, 4) is 11.9 Å². The number of aromatic amines is 1. The molecule has 25 heavy (non-hydrogen) atoms. The van der Waals surface area contributed by atoms with E-state index in [-0.39, 0.29) is 5.82 Å². The second-order valence-corrected chi connectivity index (χ2v) is 5.37. The molecule has 0 spiro atoms. The molecule has 0 saturated heterocycles. The normalized spacial score (nSPS) is 10.6. The first kappa shape index (κ1) is 16.5. The molecular weight excluding hydrogens is 340 g/mol. The molecule has 0 amide bonds. The molecule has 1 aromatic carbocycles. The van der Waals surface area contributed by atoms with Crippen molar-refractivity contribution in [2.24, 2.45) is 4.99 Å². The summed E-state index contributed by atoms with van der Waals surface area (Å²) in [4.78, 5) is 8.34. The van der Waals surface area contributed by atoms with Crippen LogP contribution in [-0.4, -0.2) is 28.5 Å². The number of anilines is 2. The van der Waals surface area contributed by atoms with Crippen molar-refractivity contribution in [3.05, 3.63) is 58.7 Å². The minimum absolute atomic E-state index is 0.280. The van der Waals surface area contributed by atoms with Crippen LogP contribution in [0.25, 0.3) is 0 Å². The van der Waals surface area contributed by atoms with Gasteiger partial charge in [-0.1, -0.05) is 17.7 Å². The van der Waals surface area contributed by atoms with E-state index in [0.29, 0.717) is 22.3 Å². The fourth-order valence-electron chi connectivity index (χ4n) is 2.06. The smallest absolute Gasteiger partial charge is 0.212 e. The number of rotatable bonds is 5. The second kappa shape index (κ2) is 7.47. The molecule has 0 aliphatic carbocycles. The molecule has 2 heterocycles. The van der Waals surface area contributed by atoms with Crippen molar-refractivity contribution in [2.75, 3.05) is 12.4 Å². The number of benzene rings is 1. The van der Waals surface area contributed by atoms with E-state index < -0.39 is 0 Å². The van der Waals surface area contributed by atoms with Gasteiger partial charge in [0.1, 0.15) is 17.5 Å². The van der Waals surface area contributed by atoms with Crippen LogP contribution in [0.2, 0.25) is 5.02 Å². The first-order chi connectivity index (χ1) is 12.2. The third-order valence-corrected chi connectivity index (χ3v) is 3.49. The molecule has 3 rings (SSSR count). The average Bonchev–Trinajstić information content (AvgIpc) is 3.02. The Hall–Kier alpha value is -3.37. The summed E-state index contributed by atoms with van der Waals surface area (Å²) < 4.78 is 5.00. The topological polar surface area (TPSA) is 99.0 Å². The van der Waals surface area contributed by atoms with Crippen LogP contribution in [0.4, 0.5) is 17.3 Å². The van der Waals surface area contributed by atoms with E-state index in [1.54, 1.807) is 43.8 Å². The molecule has 0 atom stereocenters. The van der Waals surface area contributed by atoms with Crippen molar-refractivity contribution in [1.82, 2.24) is 15.2 Å². The maximum Gasteiger partial charge on any atom is 0.212 e. The Balaban J connectivity index is 1.82. The number of nitrogens with zero attached hydrogens (tertiary/aromatic N) is 4. The Labute approximate surface area is 149 Å². The van der Waals surface area contributed by atoms with Crippen molar-refractivity contribution < 1.29 is 4.74 Å². The van der Waals surface area contributed by atoms with Gasteiger partial charge >= 0.3 is 0 Å². The number of hydrogen-bond acceptors (Lipinski definition) is 6. The van der Waals surface area contributed by atoms with Crippen LogP contribution in [0.5, 0.6) is 5.88 Å². The number of aliphatic imine (C=N–C) groups is 1. The number of H-pyrrole nitrogens is 1. The number of aromatic nitrogens is 3. The van der Waals surface area contributed by atoms with Crippen LogP contribution in [0.15, 0.2) is 47.6 Å². The lowest BCUT2D eigenvalue weighted by Crippen LogP contribution is -1.92. The Morgan fingerprint density at radius 1 is 1.36 bits per heavy atom. The third-order valence-electron chi connectivity index (χ3n) is 3.26. The largest absolute Gasteiger partial charge is 0.481 e. The molecule has 0 saturated carbocycles. The van der Waals surface area contributed by atoms with Gasteiger partial charge in [-0.25, -0.2) is 9.98 Å². The van der Waals surface area contributed by atoms with Crippen molar-refractivity contribution in [1.29, 1.82) is 5.26 Å². The third kappa shape index (κ3) is 3.94. The molecule has 2 N–H and O–H groups in total. The fraction of sp³-hybridized carbons (Fsp3) is 0.0588. The lowest BCUT2D eigenvalue weighted by atomic mass is 10.3. The summed E-state index contributed by atoms with van der Waals surface area (Å²) in [5.74, 6) is 1.25. The molecule has 0 radical (unpaired) electrons. The van der Waals surface area contributed by atoms with Crippen molar-refractivity contribution in [3.63, 3.8) is 0 Å². The number of nitriles is 1. The highest BCUT2D eigenvalue weighted by atomic mass is 35.5. The first-order valence-electron chi connectivity index (χ1n) is 7.25. The lowest BCUT2D eigenvalue weighted by molar-refractivity contribution is 0.398. The van der Waals surface area contributed by atoms with Crippen LogP contribution >= 0.6 is 11.6 Å². The zero-order chi connectivity index (χ0) is 17.6. The Bertz CT molecular complexity index is 943. The molecular formula is C17H13ClN6O. The molecule has 7 nitrogen and oxygen atoms in total. The van der Waals surface area contributed by atoms with Crippen LogP contribution in [0.1, 0.15) is 11.1 Å². The van der Waals surface area contributed by atoms with E-state index in [9.17, 15) is 5.26 Å². The summed E-state index contributed by atoms with van der Waals surface area (Å²) in [5, 5.41) is 19.9. The Morgan fingerprint density at radius 2 is 2.24 bits per heavy atom. The summed E-state index contributed by atoms with van der Waals surface area (Å²) in [6.07, 6.45) is 3.19. The van der Waals surface area contributed by atoms with Gasteiger partial charge in [0, 0.05) is 34.8 Å². The molecule has 8 heteroatoms. The van der Waals surface area contributed by atoms with E-state index in [2.05, 4.69) is 31.6 Å². The predicted molar refractivity (Wildman–Crippen MR) is 96.1 cm³/mol. The van der Waals surface area contributed by atoms with Crippen molar-refractivity contribution >= 4 is 35.1 Å². The van der Waals surface area contributed by atoms with Crippen molar-refractivity contribution in [2.45, 2.75) is 0 Å². The lowest BCUT2D eigenvalue weighted by Gasteiger charge is -2.03. The standard InChI is InChI=1S/C17H13ClN6O/c1-25-15-6-5-11(9-20-15)10-21-16-14(8-19)17(24-23-16)22-13-4-2-3-12(18)7-13/h2-7,9-10H,1H3,(H2,22,23,24). The van der Waals surface area contributed by atoms with Crippen LogP contribution in [0.3, 0.4) is 0 Å². The maximum atomic E-state index is 9.41. The summed E-state index contributed by atoms with van der Waals surface area (Å²) in [6.45, 7) is 0. The van der Waals surface area contributed by atoms with Crippen LogP contribution < -0.4 is 10.1 Å². The molecule has 2 aromatic heterocycles. The zero-order valence-corrected chi connectivity index (χ0v) is 13.9. The van der Waals surface area contributed by atoms with E-state index in [1.807, 2.05) is 12.1 Å². The maximum absolute atomic E-state index is 9.41. The minimum atomic E-state index is 0.280. The van der Waals surface area contributed by atoms with Gasteiger partial charge in [0.2, 0.25) is 5.88 Å². The average molecular weight is 353 g/mol. The number of nitrogens with one attached hydrogen (secondary N) is 2. The molecule has 0 fully saturated rings. The Morgan fingerprint density at radius 3 is 2.92 bits per heavy atom. The Kier molecular flexibility index (Phi) is 4.92. The fourth-order valence-corrected chi connectivity index (χ4v) is 2.25. The minimum Gasteiger partial charge on any atom is -0.481 e. The van der Waals surface area contributed by atoms with Gasteiger partial charge in [-0.05, 0) is 24.3 Å². The number of methoxy groups -OCH3 is 1. The highest BCUT2D eigenvalue weighted by Crippen LogP contribution is 2.26. The van der Waals surface area contributed by atoms with E-state index in [4.69, 9.17) is 16.3 Å². The summed E-state index contributed by atoms with van der Waals surface area (Å²) >= 11 is 5.96. The van der Waals surface area contributed by atoms with Gasteiger partial charge < -0.3 is 10.1 Å². The number of pyridine rings is 1. The second-order valence-electron chi connectivity index (χ2n) is 4.94. The van der Waals surface area contributed by atoms with Gasteiger partial charge in [-0.3, -0.25) is 5.10 Å². The van der Waals surface area contributed by atoms with E-state index in [1.165, 1.54) is 0 Å². The van der Waals surface area contributed by atoms with Gasteiger partial charge in [-0.15, -0.1) is 0 Å². The predicted octanol–water partition coefficient (Wildman–Crippen LogP) is 3.83. The summed E-state index contributed by atoms with van der Waals surface area (Å²) in [5.41, 5.74) is 1.80. The van der Waals surface area contributed by atoms with Gasteiger partial charge in [0.05, 0.1) is 7.11 Å². The molecule has 3 aromatic rings. The van der Waals surface area contributed by atoms with E-state index >= 15 is 0 Å². The monoisotopic (exact) mass is 352 g/mol. The van der Waals surface area contributed by atoms with Gasteiger partial charge in [-0.2, -0.15) is 10.4 Å². The summed E-state index contributed by atoms with van der Waals surface area (Å²) in [7, 11) is 1.55. The number of hydrogen-bond donors (Lipinski definition) is 2. The summed E-state index contributed by atoms with van der Waals surface area (Å²) in [6, 6.07) is 12.8. The zero-order valence-electron chi connectivity index (χ0n) is 13.2. The number of ether oxygens (including phenoxy) is 1. The molecule has 0 bridgehead atoms. The van der Waals surface area contributed by atoms with Crippen LogP contribution in [-0.2, 0) is 0 Å². The number of halogens is 1. The van der Waals surface area contributed by atoms with E-state index in [0.717, 1.165) is 11.3 Å². The van der Waals surface area contributed by atoms with Gasteiger partial charge in [0.25, 0.3) is 0 Å². The molecule has 0 unspecified atom stereocenters. The molecule has 0 aliphatic heterocycles. The first-order valence-corrected chi connectivity index (χ1v) is 7.62. The molecule has 124 valence electrons. The van der Waals surface area contributed by atoms with Gasteiger partial charge in [0.15, 0.2) is 5.82 Å². The quantitative estimate of drug-likeness (QED) is 0.680. The highest BCUT2D eigenvalue weighted by molar-refractivity contribution is 6.30. The SMILES string of the molecule is COc1ccc(C=Nc2n[nH]c(Nc3cccc(Cl)c3)c2C#N)cn1. The molecule has 0 aliphatic rings.